The third kappa shape index (κ3) is 1.94. The average molecular weight is 210 g/mol. The van der Waals surface area contributed by atoms with E-state index in [1.54, 1.807) is 0 Å². The van der Waals surface area contributed by atoms with Crippen molar-refractivity contribution in [3.63, 3.8) is 0 Å². The van der Waals surface area contributed by atoms with Crippen LogP contribution in [0.1, 0.15) is 23.2 Å². The zero-order chi connectivity index (χ0) is 10.0. The van der Waals surface area contributed by atoms with Gasteiger partial charge in [0.15, 0.2) is 0 Å². The predicted octanol–water partition coefficient (Wildman–Crippen LogP) is 3.21. The largest absolute Gasteiger partial charge is 0.265 e. The Morgan fingerprint density at radius 2 is 2.15 bits per heavy atom. The molecule has 0 saturated carbocycles. The van der Waals surface area contributed by atoms with Crippen molar-refractivity contribution in [1.29, 1.82) is 0 Å². The van der Waals surface area contributed by atoms with Crippen molar-refractivity contribution < 1.29 is 13.2 Å². The third-order valence-corrected chi connectivity index (χ3v) is 1.96. The summed E-state index contributed by atoms with van der Waals surface area (Å²) in [5.74, 6) is -1.01. The molecule has 0 spiro atoms. The number of aryl methyl sites for hydroxylation is 1. The first-order valence-electron chi connectivity index (χ1n) is 3.56. The summed E-state index contributed by atoms with van der Waals surface area (Å²) in [4.78, 5) is 3.49. The Bertz CT molecular complexity index is 315. The number of rotatable bonds is 2. The molecular weight excluding hydrogens is 203 g/mol. The van der Waals surface area contributed by atoms with E-state index in [0.29, 0.717) is 0 Å². The van der Waals surface area contributed by atoms with Gasteiger partial charge in [0, 0.05) is 17.3 Å². The van der Waals surface area contributed by atoms with Gasteiger partial charge in [-0.05, 0) is 6.92 Å². The molecule has 1 rings (SSSR count). The number of aromatic nitrogens is 1. The van der Waals surface area contributed by atoms with Crippen LogP contribution in [0, 0.1) is 12.7 Å². The van der Waals surface area contributed by atoms with Crippen molar-refractivity contribution in [2.75, 3.05) is 0 Å². The summed E-state index contributed by atoms with van der Waals surface area (Å²) in [6, 6.07) is 0. The van der Waals surface area contributed by atoms with E-state index < -0.39 is 17.8 Å². The molecule has 0 N–H and O–H groups in total. The van der Waals surface area contributed by atoms with Gasteiger partial charge in [-0.3, -0.25) is 4.98 Å². The summed E-state index contributed by atoms with van der Waals surface area (Å²) >= 11 is 5.35. The van der Waals surface area contributed by atoms with Crippen LogP contribution in [0.4, 0.5) is 13.2 Å². The molecule has 72 valence electrons. The first-order chi connectivity index (χ1) is 6.07. The molecule has 5 heteroatoms. The van der Waals surface area contributed by atoms with Crippen molar-refractivity contribution in [1.82, 2.24) is 4.98 Å². The Balaban J connectivity index is 3.30. The Morgan fingerprint density at radius 3 is 2.62 bits per heavy atom. The Morgan fingerprint density at radius 1 is 1.54 bits per heavy atom. The van der Waals surface area contributed by atoms with Crippen LogP contribution >= 0.6 is 11.6 Å². The average Bonchev–Trinajstić information content (AvgIpc) is 2.09. The molecule has 1 aromatic rings. The second-order valence-corrected chi connectivity index (χ2v) is 2.79. The van der Waals surface area contributed by atoms with Crippen LogP contribution in [0.3, 0.4) is 0 Å². The molecular formula is C8H7ClF3N. The van der Waals surface area contributed by atoms with Crippen LogP contribution in [0.25, 0.3) is 0 Å². The van der Waals surface area contributed by atoms with E-state index in [1.165, 1.54) is 6.92 Å². The Hall–Kier alpha value is -0.770. The fraction of sp³-hybridized carbons (Fsp3) is 0.375. The molecule has 0 aliphatic carbocycles. The molecule has 0 bridgehead atoms. The lowest BCUT2D eigenvalue weighted by Gasteiger charge is -2.07. The summed E-state index contributed by atoms with van der Waals surface area (Å²) < 4.78 is 37.7. The fourth-order valence-electron chi connectivity index (χ4n) is 0.970. The van der Waals surface area contributed by atoms with Crippen molar-refractivity contribution in [3.05, 3.63) is 28.8 Å². The van der Waals surface area contributed by atoms with Crippen LogP contribution in [0.2, 0.25) is 0 Å². The van der Waals surface area contributed by atoms with Crippen molar-refractivity contribution >= 4 is 11.6 Å². The number of alkyl halides is 3. The van der Waals surface area contributed by atoms with Gasteiger partial charge in [-0.25, -0.2) is 13.2 Å². The van der Waals surface area contributed by atoms with Crippen LogP contribution in [-0.4, -0.2) is 4.98 Å². The molecule has 1 heterocycles. The highest BCUT2D eigenvalue weighted by molar-refractivity contribution is 6.17. The predicted molar refractivity (Wildman–Crippen MR) is 43.4 cm³/mol. The Kier molecular flexibility index (Phi) is 3.14. The summed E-state index contributed by atoms with van der Waals surface area (Å²) in [5, 5.41) is 0. The molecule has 0 radical (unpaired) electrons. The summed E-state index contributed by atoms with van der Waals surface area (Å²) in [6.07, 6.45) is -1.78. The minimum Gasteiger partial charge on any atom is -0.258 e. The first-order valence-corrected chi connectivity index (χ1v) is 4.09. The second kappa shape index (κ2) is 3.96. The maximum absolute atomic E-state index is 13.1. The van der Waals surface area contributed by atoms with Crippen LogP contribution in [0.15, 0.2) is 6.20 Å². The molecule has 0 fully saturated rings. The summed E-state index contributed by atoms with van der Waals surface area (Å²) in [7, 11) is 0. The van der Waals surface area contributed by atoms with E-state index >= 15 is 0 Å². The normalized spacial score (nSPS) is 10.9. The van der Waals surface area contributed by atoms with E-state index in [1.807, 2.05) is 0 Å². The maximum Gasteiger partial charge on any atom is 0.265 e. The van der Waals surface area contributed by atoms with Crippen molar-refractivity contribution in [2.24, 2.45) is 0 Å². The van der Waals surface area contributed by atoms with Gasteiger partial charge in [0.05, 0.1) is 11.6 Å². The lowest BCUT2D eigenvalue weighted by atomic mass is 10.1. The minimum absolute atomic E-state index is 0.0834. The third-order valence-electron chi connectivity index (χ3n) is 1.70. The van der Waals surface area contributed by atoms with Gasteiger partial charge < -0.3 is 0 Å². The van der Waals surface area contributed by atoms with Crippen LogP contribution < -0.4 is 0 Å². The standard InChI is InChI=1S/C8H7ClF3N/c1-4-7(10)5(2-9)6(3-13-4)8(11)12/h3,8H,2H2,1H3. The van der Waals surface area contributed by atoms with Gasteiger partial charge >= 0.3 is 0 Å². The fourth-order valence-corrected chi connectivity index (χ4v) is 1.24. The number of halogens is 4. The highest BCUT2D eigenvalue weighted by atomic mass is 35.5. The van der Waals surface area contributed by atoms with Gasteiger partial charge in [-0.1, -0.05) is 0 Å². The van der Waals surface area contributed by atoms with E-state index in [4.69, 9.17) is 11.6 Å². The molecule has 0 aliphatic rings. The van der Waals surface area contributed by atoms with Gasteiger partial charge in [-0.2, -0.15) is 0 Å². The number of nitrogens with zero attached hydrogens (tertiary/aromatic N) is 1. The van der Waals surface area contributed by atoms with E-state index in [9.17, 15) is 13.2 Å². The van der Waals surface area contributed by atoms with Crippen LogP contribution in [0.5, 0.6) is 0 Å². The van der Waals surface area contributed by atoms with E-state index in [0.717, 1.165) is 6.20 Å². The zero-order valence-electron chi connectivity index (χ0n) is 6.82. The maximum atomic E-state index is 13.1. The molecule has 0 atom stereocenters. The van der Waals surface area contributed by atoms with Gasteiger partial charge in [0.1, 0.15) is 5.82 Å². The van der Waals surface area contributed by atoms with Crippen molar-refractivity contribution in [3.8, 4) is 0 Å². The molecule has 0 aliphatic heterocycles. The molecule has 0 aromatic carbocycles. The van der Waals surface area contributed by atoms with Gasteiger partial charge in [-0.15, -0.1) is 11.6 Å². The van der Waals surface area contributed by atoms with E-state index in [-0.39, 0.29) is 17.1 Å². The molecule has 0 amide bonds. The smallest absolute Gasteiger partial charge is 0.258 e. The Labute approximate surface area is 78.5 Å². The zero-order valence-corrected chi connectivity index (χ0v) is 7.58. The topological polar surface area (TPSA) is 12.9 Å². The number of pyridine rings is 1. The molecule has 1 aromatic heterocycles. The first kappa shape index (κ1) is 10.3. The van der Waals surface area contributed by atoms with Crippen LogP contribution in [-0.2, 0) is 5.88 Å². The minimum atomic E-state index is -2.74. The highest BCUT2D eigenvalue weighted by Crippen LogP contribution is 2.26. The molecule has 0 saturated heterocycles. The number of hydrogen-bond acceptors (Lipinski definition) is 1. The second-order valence-electron chi connectivity index (χ2n) is 2.53. The molecule has 13 heavy (non-hydrogen) atoms. The monoisotopic (exact) mass is 209 g/mol. The van der Waals surface area contributed by atoms with Gasteiger partial charge in [0.2, 0.25) is 0 Å². The SMILES string of the molecule is Cc1ncc(C(F)F)c(CCl)c1F. The van der Waals surface area contributed by atoms with Gasteiger partial charge in [0.25, 0.3) is 6.43 Å². The highest BCUT2D eigenvalue weighted by Gasteiger charge is 2.17. The molecule has 1 nitrogen and oxygen atoms in total. The lowest BCUT2D eigenvalue weighted by molar-refractivity contribution is 0.149. The van der Waals surface area contributed by atoms with Crippen molar-refractivity contribution in [2.45, 2.75) is 19.2 Å². The quantitative estimate of drug-likeness (QED) is 0.682. The summed E-state index contributed by atoms with van der Waals surface area (Å²) in [6.45, 7) is 1.40. The number of hydrogen-bond donors (Lipinski definition) is 0. The van der Waals surface area contributed by atoms with E-state index in [2.05, 4.69) is 4.98 Å². The lowest BCUT2D eigenvalue weighted by Crippen LogP contribution is -2.01. The molecule has 0 unspecified atom stereocenters. The summed E-state index contributed by atoms with van der Waals surface area (Å²) in [5.41, 5.74) is -0.512.